The smallest absolute Gasteiger partial charge is 0.462 e. The summed E-state index contributed by atoms with van der Waals surface area (Å²) < 4.78 is 31.9. The molecule has 0 aromatic carbocycles. The van der Waals surface area contributed by atoms with E-state index in [1.165, 1.54) is 19.3 Å². The molecule has 0 bridgehead atoms. The molecule has 1 aliphatic rings. The molecule has 9 nitrogen and oxygen atoms in total. The maximum Gasteiger partial charge on any atom is 0.469 e. The Labute approximate surface area is 319 Å². The molecule has 10 heteroatoms. The molecule has 1 aliphatic heterocycles. The minimum absolute atomic E-state index is 0.124. The minimum atomic E-state index is -4.79. The standard InChI is InChI=1S/C43H67O9P/c1-3-5-7-8-9-10-11-12-13-14-19-22-25-28-32-36-43(45)51-39(38-50-53(46,47)48)37-49-42(44)35-31-27-24-21-18-16-15-17-20-23-26-30-34-41-40(52-41)33-29-6-4-2/h6,9-10,12-13,16-20,22,24,26-27,29-30,39-41H,3-5,7-8,11,14-15,21,23,25,28,31-38H2,1-2H3,(H2,46,47,48)/b10-9-,13-12-,18-16-,20-17-,22-19-,27-24-,29-6-,30-26-/t39-,40?,41?/m1/s1. The first-order valence-electron chi connectivity index (χ1n) is 19.7. The Morgan fingerprint density at radius 1 is 0.604 bits per heavy atom. The van der Waals surface area contributed by atoms with Crippen LogP contribution in [-0.2, 0) is 32.9 Å². The predicted molar refractivity (Wildman–Crippen MR) is 215 cm³/mol. The lowest BCUT2D eigenvalue weighted by Gasteiger charge is -2.18. The van der Waals surface area contributed by atoms with Gasteiger partial charge in [0, 0.05) is 12.8 Å². The van der Waals surface area contributed by atoms with E-state index < -0.39 is 32.5 Å². The molecular weight excluding hydrogens is 691 g/mol. The number of unbranched alkanes of at least 4 members (excludes halogenated alkanes) is 5. The maximum absolute atomic E-state index is 12.4. The summed E-state index contributed by atoms with van der Waals surface area (Å²) in [4.78, 5) is 42.7. The van der Waals surface area contributed by atoms with Crippen LogP contribution in [-0.4, -0.2) is 53.3 Å². The molecule has 1 heterocycles. The molecule has 0 aromatic heterocycles. The van der Waals surface area contributed by atoms with Gasteiger partial charge in [0.15, 0.2) is 6.10 Å². The van der Waals surface area contributed by atoms with Crippen LogP contribution in [0.15, 0.2) is 97.2 Å². The quantitative estimate of drug-likeness (QED) is 0.0221. The lowest BCUT2D eigenvalue weighted by atomic mass is 10.1. The van der Waals surface area contributed by atoms with Crippen molar-refractivity contribution in [3.05, 3.63) is 97.2 Å². The summed E-state index contributed by atoms with van der Waals surface area (Å²) in [6.07, 6.45) is 49.0. The van der Waals surface area contributed by atoms with Gasteiger partial charge in [0.05, 0.1) is 18.8 Å². The van der Waals surface area contributed by atoms with Gasteiger partial charge in [-0.15, -0.1) is 0 Å². The number of hydrogen-bond acceptors (Lipinski definition) is 7. The van der Waals surface area contributed by atoms with Gasteiger partial charge in [-0.25, -0.2) is 4.57 Å². The van der Waals surface area contributed by atoms with Crippen LogP contribution >= 0.6 is 7.82 Å². The lowest BCUT2D eigenvalue weighted by molar-refractivity contribution is -0.161. The molecule has 1 rings (SSSR count). The van der Waals surface area contributed by atoms with Crippen LogP contribution < -0.4 is 0 Å². The van der Waals surface area contributed by atoms with Gasteiger partial charge in [0.25, 0.3) is 0 Å². The van der Waals surface area contributed by atoms with Crippen molar-refractivity contribution < 1.29 is 42.7 Å². The number of ether oxygens (including phenoxy) is 3. The molecule has 0 aromatic rings. The fourth-order valence-electron chi connectivity index (χ4n) is 4.97. The minimum Gasteiger partial charge on any atom is -0.462 e. The highest BCUT2D eigenvalue weighted by Gasteiger charge is 2.35. The summed E-state index contributed by atoms with van der Waals surface area (Å²) in [6.45, 7) is 3.41. The van der Waals surface area contributed by atoms with Crippen molar-refractivity contribution >= 4 is 19.8 Å². The van der Waals surface area contributed by atoms with E-state index in [0.29, 0.717) is 25.0 Å². The highest BCUT2D eigenvalue weighted by Crippen LogP contribution is 2.36. The van der Waals surface area contributed by atoms with Crippen LogP contribution in [0.1, 0.15) is 129 Å². The highest BCUT2D eigenvalue weighted by molar-refractivity contribution is 7.46. The average molecular weight is 759 g/mol. The van der Waals surface area contributed by atoms with Crippen molar-refractivity contribution in [1.29, 1.82) is 0 Å². The molecule has 298 valence electrons. The third-order valence-electron chi connectivity index (χ3n) is 8.00. The summed E-state index contributed by atoms with van der Waals surface area (Å²) in [5.41, 5.74) is 0. The molecule has 0 radical (unpaired) electrons. The first-order valence-corrected chi connectivity index (χ1v) is 21.2. The zero-order chi connectivity index (χ0) is 38.7. The van der Waals surface area contributed by atoms with Crippen molar-refractivity contribution in [2.24, 2.45) is 0 Å². The summed E-state index contributed by atoms with van der Waals surface area (Å²) in [6, 6.07) is 0. The number of phosphoric ester groups is 1. The lowest BCUT2D eigenvalue weighted by Crippen LogP contribution is -2.29. The molecular formula is C43H67O9P. The van der Waals surface area contributed by atoms with Crippen LogP contribution in [0.2, 0.25) is 0 Å². The van der Waals surface area contributed by atoms with E-state index in [1.807, 2.05) is 12.2 Å². The Kier molecular flexibility index (Phi) is 30.3. The number of allylic oxidation sites excluding steroid dienone is 14. The first kappa shape index (κ1) is 48.0. The molecule has 0 amide bonds. The average Bonchev–Trinajstić information content (AvgIpc) is 3.88. The van der Waals surface area contributed by atoms with Gasteiger partial charge in [0.1, 0.15) is 6.61 Å². The van der Waals surface area contributed by atoms with Gasteiger partial charge < -0.3 is 24.0 Å². The Balaban J connectivity index is 2.17. The van der Waals surface area contributed by atoms with Crippen LogP contribution in [0.4, 0.5) is 0 Å². The second-order valence-corrected chi connectivity index (χ2v) is 14.1. The van der Waals surface area contributed by atoms with E-state index in [0.717, 1.165) is 70.6 Å². The van der Waals surface area contributed by atoms with Gasteiger partial charge in [-0.05, 0) is 89.9 Å². The van der Waals surface area contributed by atoms with Crippen LogP contribution in [0.5, 0.6) is 0 Å². The van der Waals surface area contributed by atoms with Crippen LogP contribution in [0.3, 0.4) is 0 Å². The zero-order valence-corrected chi connectivity index (χ0v) is 33.2. The Morgan fingerprint density at radius 3 is 1.62 bits per heavy atom. The fraction of sp³-hybridized carbons (Fsp3) is 0.581. The largest absolute Gasteiger partial charge is 0.469 e. The molecule has 0 aliphatic carbocycles. The molecule has 2 unspecified atom stereocenters. The Hall–Kier alpha value is -3.07. The van der Waals surface area contributed by atoms with Gasteiger partial charge in [0.2, 0.25) is 0 Å². The van der Waals surface area contributed by atoms with Crippen molar-refractivity contribution in [3.63, 3.8) is 0 Å². The topological polar surface area (TPSA) is 132 Å². The molecule has 1 saturated heterocycles. The molecule has 1 fully saturated rings. The third-order valence-corrected chi connectivity index (χ3v) is 8.49. The Bertz CT molecular complexity index is 1240. The van der Waals surface area contributed by atoms with Crippen molar-refractivity contribution in [3.8, 4) is 0 Å². The predicted octanol–water partition coefficient (Wildman–Crippen LogP) is 10.8. The van der Waals surface area contributed by atoms with E-state index in [-0.39, 0.29) is 19.4 Å². The number of carbonyl (C=O) groups is 2. The number of rotatable bonds is 33. The molecule has 2 N–H and O–H groups in total. The first-order chi connectivity index (χ1) is 25.7. The van der Waals surface area contributed by atoms with Crippen molar-refractivity contribution in [2.75, 3.05) is 13.2 Å². The van der Waals surface area contributed by atoms with Gasteiger partial charge >= 0.3 is 19.8 Å². The van der Waals surface area contributed by atoms with E-state index in [4.69, 9.17) is 24.0 Å². The molecule has 0 spiro atoms. The summed E-state index contributed by atoms with van der Waals surface area (Å²) in [7, 11) is -4.79. The summed E-state index contributed by atoms with van der Waals surface area (Å²) in [5, 5.41) is 0. The summed E-state index contributed by atoms with van der Waals surface area (Å²) >= 11 is 0. The number of carbonyl (C=O) groups excluding carboxylic acids is 2. The fourth-order valence-corrected chi connectivity index (χ4v) is 5.33. The van der Waals surface area contributed by atoms with Crippen molar-refractivity contribution in [2.45, 2.75) is 148 Å². The van der Waals surface area contributed by atoms with Gasteiger partial charge in [-0.3, -0.25) is 14.1 Å². The molecule has 0 saturated carbocycles. The second-order valence-electron chi connectivity index (χ2n) is 12.9. The van der Waals surface area contributed by atoms with Crippen molar-refractivity contribution in [1.82, 2.24) is 0 Å². The van der Waals surface area contributed by atoms with Crippen LogP contribution in [0, 0.1) is 0 Å². The highest BCUT2D eigenvalue weighted by atomic mass is 31.2. The SMILES string of the molecule is CC/C=C\CC1OC1C/C=C\C/C=C\C/C=C\C/C=C\CCC(=O)OC[C@H](COP(=O)(O)O)OC(=O)CCCC/C=C\C/C=C\C/C=C\CCCCC. The monoisotopic (exact) mass is 758 g/mol. The maximum atomic E-state index is 12.4. The van der Waals surface area contributed by atoms with E-state index in [1.54, 1.807) is 0 Å². The van der Waals surface area contributed by atoms with Gasteiger partial charge in [-0.2, -0.15) is 0 Å². The van der Waals surface area contributed by atoms with E-state index in [9.17, 15) is 14.2 Å². The normalized spacial score (nSPS) is 17.4. The Morgan fingerprint density at radius 2 is 1.09 bits per heavy atom. The molecule has 53 heavy (non-hydrogen) atoms. The molecule has 3 atom stereocenters. The zero-order valence-electron chi connectivity index (χ0n) is 32.3. The second kappa shape index (κ2) is 33.5. The van der Waals surface area contributed by atoms with Crippen LogP contribution in [0.25, 0.3) is 0 Å². The number of epoxide rings is 1. The number of esters is 2. The summed E-state index contributed by atoms with van der Waals surface area (Å²) in [5.74, 6) is -1.04. The van der Waals surface area contributed by atoms with E-state index in [2.05, 4.69) is 103 Å². The van der Waals surface area contributed by atoms with Gasteiger partial charge in [-0.1, -0.05) is 124 Å². The number of phosphoric acid groups is 1. The number of hydrogen-bond donors (Lipinski definition) is 2. The third kappa shape index (κ3) is 33.3. The van der Waals surface area contributed by atoms with E-state index >= 15 is 0 Å².